The third-order valence-electron chi connectivity index (χ3n) is 4.97. The highest BCUT2D eigenvalue weighted by atomic mass is 79.9. The molecule has 176 valence electrons. The van der Waals surface area contributed by atoms with Crippen LogP contribution in [0, 0.1) is 11.3 Å². The minimum Gasteiger partial charge on any atom is -0.488 e. The Balaban J connectivity index is 2.15. The minimum atomic E-state index is -0.649. The first-order valence-electron chi connectivity index (χ1n) is 11.1. The summed E-state index contributed by atoms with van der Waals surface area (Å²) in [5.74, 6) is 0.618. The van der Waals surface area contributed by atoms with E-state index in [-0.39, 0.29) is 0 Å². The van der Waals surface area contributed by atoms with E-state index in [1.807, 2.05) is 83.2 Å². The fourth-order valence-corrected chi connectivity index (χ4v) is 3.98. The second kappa shape index (κ2) is 10.8. The van der Waals surface area contributed by atoms with Gasteiger partial charge in [-0.3, -0.25) is 4.90 Å². The van der Waals surface area contributed by atoms with Gasteiger partial charge in [0.15, 0.2) is 0 Å². The number of ether oxygens (including phenoxy) is 2. The van der Waals surface area contributed by atoms with E-state index in [1.54, 1.807) is 17.0 Å². The third-order valence-corrected chi connectivity index (χ3v) is 5.80. The molecule has 0 aliphatic rings. The number of carbonyl (C=O) groups excluding carboxylic acids is 1. The van der Waals surface area contributed by atoms with E-state index in [0.717, 1.165) is 21.9 Å². The Kier molecular flexibility index (Phi) is 8.01. The second-order valence-corrected chi connectivity index (χ2v) is 10.0. The molecule has 6 heteroatoms. The average molecular weight is 521 g/mol. The summed E-state index contributed by atoms with van der Waals surface area (Å²) in [5.41, 5.74) is 2.59. The number of nitrogens with zero attached hydrogens (tertiary/aromatic N) is 2. The standard InChI is InChI=1S/C28H29BrN2O3/c1-19(2)13-14-31(27(32)34-28(3,4)5)24-16-25(33-18-20-9-7-6-8-10-20)22-12-11-21(17-30)15-23(22)26(24)29/h6-13,15-16H,14,18H2,1-5H3. The van der Waals surface area contributed by atoms with E-state index in [2.05, 4.69) is 22.0 Å². The maximum atomic E-state index is 13.2. The van der Waals surface area contributed by atoms with Crippen LogP contribution in [0.15, 0.2) is 70.7 Å². The van der Waals surface area contributed by atoms with Gasteiger partial charge in [0.2, 0.25) is 0 Å². The van der Waals surface area contributed by atoms with Gasteiger partial charge in [-0.15, -0.1) is 0 Å². The Bertz CT molecular complexity index is 1250. The van der Waals surface area contributed by atoms with E-state index >= 15 is 0 Å². The molecule has 0 heterocycles. The fourth-order valence-electron chi connectivity index (χ4n) is 3.33. The number of anilines is 1. The summed E-state index contributed by atoms with van der Waals surface area (Å²) in [7, 11) is 0. The van der Waals surface area contributed by atoms with E-state index in [9.17, 15) is 10.1 Å². The van der Waals surface area contributed by atoms with Crippen LogP contribution in [0.5, 0.6) is 5.75 Å². The third kappa shape index (κ3) is 6.39. The molecule has 0 aliphatic carbocycles. The number of carbonyl (C=O) groups is 1. The van der Waals surface area contributed by atoms with Crippen molar-refractivity contribution in [2.45, 2.75) is 46.8 Å². The van der Waals surface area contributed by atoms with Crippen molar-refractivity contribution in [3.63, 3.8) is 0 Å². The number of amides is 1. The van der Waals surface area contributed by atoms with Crippen LogP contribution in [0.25, 0.3) is 10.8 Å². The highest BCUT2D eigenvalue weighted by molar-refractivity contribution is 9.10. The molecule has 0 radical (unpaired) electrons. The molecule has 0 N–H and O–H groups in total. The lowest BCUT2D eigenvalue weighted by Gasteiger charge is -2.28. The molecule has 0 saturated carbocycles. The topological polar surface area (TPSA) is 62.6 Å². The number of hydrogen-bond donors (Lipinski definition) is 0. The molecule has 5 nitrogen and oxygen atoms in total. The van der Waals surface area contributed by atoms with Gasteiger partial charge in [0.05, 0.1) is 17.3 Å². The molecule has 3 aromatic carbocycles. The van der Waals surface area contributed by atoms with E-state index in [1.165, 1.54) is 0 Å². The molecule has 0 aromatic heterocycles. The molecule has 3 rings (SSSR count). The first-order valence-corrected chi connectivity index (χ1v) is 11.9. The van der Waals surface area contributed by atoms with Crippen molar-refractivity contribution in [1.82, 2.24) is 0 Å². The van der Waals surface area contributed by atoms with Crippen molar-refractivity contribution < 1.29 is 14.3 Å². The van der Waals surface area contributed by atoms with Gasteiger partial charge in [-0.05, 0) is 74.3 Å². The van der Waals surface area contributed by atoms with Gasteiger partial charge in [-0.25, -0.2) is 4.79 Å². The maximum absolute atomic E-state index is 13.2. The van der Waals surface area contributed by atoms with Gasteiger partial charge in [-0.2, -0.15) is 5.26 Å². The number of fused-ring (bicyclic) bond motifs is 1. The quantitative estimate of drug-likeness (QED) is 0.311. The first-order chi connectivity index (χ1) is 16.1. The van der Waals surface area contributed by atoms with Crippen LogP contribution in [-0.2, 0) is 11.3 Å². The van der Waals surface area contributed by atoms with E-state index < -0.39 is 11.7 Å². The lowest BCUT2D eigenvalue weighted by atomic mass is 10.0. The van der Waals surface area contributed by atoms with Crippen molar-refractivity contribution in [3.8, 4) is 11.8 Å². The number of benzene rings is 3. The molecule has 0 unspecified atom stereocenters. The highest BCUT2D eigenvalue weighted by Gasteiger charge is 2.26. The van der Waals surface area contributed by atoms with Crippen molar-refractivity contribution >= 4 is 38.5 Å². The largest absolute Gasteiger partial charge is 0.488 e. The van der Waals surface area contributed by atoms with E-state index in [0.29, 0.717) is 34.6 Å². The van der Waals surface area contributed by atoms with Gasteiger partial charge < -0.3 is 9.47 Å². The van der Waals surface area contributed by atoms with Crippen LogP contribution in [0.4, 0.5) is 10.5 Å². The zero-order valence-electron chi connectivity index (χ0n) is 20.2. The molecule has 1 amide bonds. The molecule has 0 saturated heterocycles. The summed E-state index contributed by atoms with van der Waals surface area (Å²) < 4.78 is 12.6. The second-order valence-electron chi connectivity index (χ2n) is 9.23. The van der Waals surface area contributed by atoms with Crippen molar-refractivity contribution in [1.29, 1.82) is 5.26 Å². The Labute approximate surface area is 209 Å². The van der Waals surface area contributed by atoms with Crippen LogP contribution in [0.2, 0.25) is 0 Å². The van der Waals surface area contributed by atoms with Crippen LogP contribution in [0.3, 0.4) is 0 Å². The maximum Gasteiger partial charge on any atom is 0.415 e. The van der Waals surface area contributed by atoms with Crippen molar-refractivity contribution in [2.75, 3.05) is 11.4 Å². The first kappa shape index (κ1) is 25.3. The lowest BCUT2D eigenvalue weighted by molar-refractivity contribution is 0.0584. The summed E-state index contributed by atoms with van der Waals surface area (Å²) in [6.07, 6.45) is 1.51. The zero-order valence-corrected chi connectivity index (χ0v) is 21.8. The van der Waals surface area contributed by atoms with E-state index in [4.69, 9.17) is 9.47 Å². The van der Waals surface area contributed by atoms with Gasteiger partial charge >= 0.3 is 6.09 Å². The molecular weight excluding hydrogens is 492 g/mol. The number of halogens is 1. The molecule has 34 heavy (non-hydrogen) atoms. The monoisotopic (exact) mass is 520 g/mol. The zero-order chi connectivity index (χ0) is 24.9. The number of allylic oxidation sites excluding steroid dienone is 1. The fraction of sp³-hybridized carbons (Fsp3) is 0.286. The van der Waals surface area contributed by atoms with Crippen LogP contribution in [0.1, 0.15) is 45.7 Å². The number of nitriles is 1. The summed E-state index contributed by atoms with van der Waals surface area (Å²) in [4.78, 5) is 14.8. The summed E-state index contributed by atoms with van der Waals surface area (Å²) in [6.45, 7) is 10.2. The van der Waals surface area contributed by atoms with Crippen LogP contribution in [-0.4, -0.2) is 18.2 Å². The molecule has 3 aromatic rings. The summed E-state index contributed by atoms with van der Waals surface area (Å²) in [6, 6.07) is 19.4. The highest BCUT2D eigenvalue weighted by Crippen LogP contribution is 2.41. The molecule has 0 fully saturated rings. The van der Waals surface area contributed by atoms with Crippen molar-refractivity contribution in [3.05, 3.63) is 81.8 Å². The SMILES string of the molecule is CC(C)=CCN(C(=O)OC(C)(C)C)c1cc(OCc2ccccc2)c2ccc(C#N)cc2c1Br. The summed E-state index contributed by atoms with van der Waals surface area (Å²) >= 11 is 3.70. The predicted molar refractivity (Wildman–Crippen MR) is 140 cm³/mol. The Morgan fingerprint density at radius 2 is 1.79 bits per heavy atom. The molecular formula is C28H29BrN2O3. The van der Waals surface area contributed by atoms with Crippen LogP contribution >= 0.6 is 15.9 Å². The predicted octanol–water partition coefficient (Wildman–Crippen LogP) is 7.76. The Morgan fingerprint density at radius 1 is 1.09 bits per heavy atom. The van der Waals surface area contributed by atoms with Gasteiger partial charge in [-0.1, -0.05) is 42.0 Å². The molecule has 0 atom stereocenters. The normalized spacial score (nSPS) is 11.0. The smallest absolute Gasteiger partial charge is 0.415 e. The van der Waals surface area contributed by atoms with Gasteiger partial charge in [0, 0.05) is 27.9 Å². The Morgan fingerprint density at radius 3 is 2.41 bits per heavy atom. The van der Waals surface area contributed by atoms with Crippen molar-refractivity contribution in [2.24, 2.45) is 0 Å². The minimum absolute atomic E-state index is 0.331. The van der Waals surface area contributed by atoms with Gasteiger partial charge in [0.25, 0.3) is 0 Å². The average Bonchev–Trinajstić information content (AvgIpc) is 2.78. The molecule has 0 spiro atoms. The lowest BCUT2D eigenvalue weighted by Crippen LogP contribution is -2.37. The molecule has 0 aliphatic heterocycles. The number of hydrogen-bond acceptors (Lipinski definition) is 4. The Hall–Kier alpha value is -3.30. The molecule has 0 bridgehead atoms. The summed E-state index contributed by atoms with van der Waals surface area (Å²) in [5, 5.41) is 11.1. The number of rotatable bonds is 6. The van der Waals surface area contributed by atoms with Gasteiger partial charge in [0.1, 0.15) is 18.0 Å². The van der Waals surface area contributed by atoms with Crippen LogP contribution < -0.4 is 9.64 Å².